The third kappa shape index (κ3) is 4.84. The van der Waals surface area contributed by atoms with Gasteiger partial charge in [0, 0.05) is 12.2 Å². The fraction of sp³-hybridized carbons (Fsp3) is 0.833. The molecule has 0 bridgehead atoms. The molecule has 3 nitrogen and oxygen atoms in total. The van der Waals surface area contributed by atoms with Crippen LogP contribution in [0.2, 0.25) is 0 Å². The van der Waals surface area contributed by atoms with Crippen LogP contribution in [-0.4, -0.2) is 22.9 Å². The van der Waals surface area contributed by atoms with E-state index < -0.39 is 0 Å². The average Bonchev–Trinajstić information content (AvgIpc) is 3.06. The minimum atomic E-state index is 0.734. The Bertz CT molecular complexity index is 416. The molecule has 0 saturated heterocycles. The molecule has 1 atom stereocenters. The molecule has 0 aliphatic heterocycles. The maximum atomic E-state index is 4.61. The smallest absolute Gasteiger partial charge is 0.0596 e. The van der Waals surface area contributed by atoms with Crippen LogP contribution in [-0.2, 0) is 13.0 Å². The number of aryl methyl sites for hydroxylation is 2. The molecule has 2 rings (SSSR count). The maximum Gasteiger partial charge on any atom is 0.0596 e. The van der Waals surface area contributed by atoms with Gasteiger partial charge in [0.05, 0.1) is 5.69 Å². The molecule has 1 unspecified atom stereocenters. The normalized spacial score (nSPS) is 17.8. The van der Waals surface area contributed by atoms with Gasteiger partial charge in [-0.3, -0.25) is 4.68 Å². The van der Waals surface area contributed by atoms with Crippen LogP contribution in [0, 0.1) is 24.7 Å². The van der Waals surface area contributed by atoms with Crippen LogP contribution in [0.4, 0.5) is 0 Å². The maximum absolute atomic E-state index is 4.61. The average molecular weight is 291 g/mol. The van der Waals surface area contributed by atoms with Crippen molar-refractivity contribution in [2.24, 2.45) is 17.8 Å². The number of aromatic nitrogens is 2. The molecule has 1 aromatic heterocycles. The molecule has 120 valence electrons. The van der Waals surface area contributed by atoms with E-state index in [9.17, 15) is 0 Å². The van der Waals surface area contributed by atoms with Gasteiger partial charge in [-0.1, -0.05) is 39.5 Å². The molecule has 1 aliphatic rings. The van der Waals surface area contributed by atoms with Crippen molar-refractivity contribution in [1.82, 2.24) is 15.1 Å². The Balaban J connectivity index is 2.00. The van der Waals surface area contributed by atoms with Crippen LogP contribution in [0.25, 0.3) is 0 Å². The van der Waals surface area contributed by atoms with Crippen LogP contribution in [0.15, 0.2) is 6.07 Å². The zero-order valence-corrected chi connectivity index (χ0v) is 14.4. The van der Waals surface area contributed by atoms with E-state index in [1.807, 2.05) is 0 Å². The van der Waals surface area contributed by atoms with Gasteiger partial charge < -0.3 is 5.32 Å². The zero-order valence-electron chi connectivity index (χ0n) is 14.4. The van der Waals surface area contributed by atoms with Crippen molar-refractivity contribution in [3.8, 4) is 0 Å². The van der Waals surface area contributed by atoms with E-state index in [2.05, 4.69) is 48.9 Å². The number of rotatable bonds is 8. The fourth-order valence-corrected chi connectivity index (χ4v) is 3.70. The third-order valence-electron chi connectivity index (χ3n) is 4.78. The molecule has 1 heterocycles. The summed E-state index contributed by atoms with van der Waals surface area (Å²) in [6.07, 6.45) is 6.89. The molecule has 1 N–H and O–H groups in total. The Morgan fingerprint density at radius 3 is 2.62 bits per heavy atom. The first-order valence-electron chi connectivity index (χ1n) is 8.84. The minimum absolute atomic E-state index is 0.734. The molecule has 1 aromatic rings. The fourth-order valence-electron chi connectivity index (χ4n) is 3.70. The summed E-state index contributed by atoms with van der Waals surface area (Å²) in [4.78, 5) is 0. The SMILES string of the molecule is CCn1nc(C)cc1CC(CNCC(C)C)C1CCCC1. The molecular formula is C18H33N3. The summed E-state index contributed by atoms with van der Waals surface area (Å²) in [6, 6.07) is 2.29. The number of nitrogens with one attached hydrogen (secondary N) is 1. The van der Waals surface area contributed by atoms with Gasteiger partial charge in [0.1, 0.15) is 0 Å². The Morgan fingerprint density at radius 1 is 1.29 bits per heavy atom. The molecule has 21 heavy (non-hydrogen) atoms. The van der Waals surface area contributed by atoms with E-state index in [1.165, 1.54) is 37.8 Å². The van der Waals surface area contributed by atoms with Gasteiger partial charge in [0.2, 0.25) is 0 Å². The Morgan fingerprint density at radius 2 is 2.00 bits per heavy atom. The van der Waals surface area contributed by atoms with Gasteiger partial charge in [-0.15, -0.1) is 0 Å². The first-order valence-corrected chi connectivity index (χ1v) is 8.84. The summed E-state index contributed by atoms with van der Waals surface area (Å²) in [6.45, 7) is 12.2. The van der Waals surface area contributed by atoms with Gasteiger partial charge in [-0.05, 0) is 57.2 Å². The molecule has 0 amide bonds. The highest BCUT2D eigenvalue weighted by Crippen LogP contribution is 2.33. The van der Waals surface area contributed by atoms with E-state index in [0.717, 1.165) is 43.1 Å². The van der Waals surface area contributed by atoms with Gasteiger partial charge in [0.15, 0.2) is 0 Å². The highest BCUT2D eigenvalue weighted by Gasteiger charge is 2.26. The Labute approximate surface area is 130 Å². The van der Waals surface area contributed by atoms with Crippen LogP contribution in [0.5, 0.6) is 0 Å². The lowest BCUT2D eigenvalue weighted by Gasteiger charge is -2.24. The van der Waals surface area contributed by atoms with E-state index in [-0.39, 0.29) is 0 Å². The summed E-state index contributed by atoms with van der Waals surface area (Å²) < 4.78 is 2.19. The largest absolute Gasteiger partial charge is 0.316 e. The molecular weight excluding hydrogens is 258 g/mol. The molecule has 1 fully saturated rings. The van der Waals surface area contributed by atoms with E-state index in [4.69, 9.17) is 0 Å². The van der Waals surface area contributed by atoms with Gasteiger partial charge in [0.25, 0.3) is 0 Å². The van der Waals surface area contributed by atoms with Gasteiger partial charge in [-0.25, -0.2) is 0 Å². The minimum Gasteiger partial charge on any atom is -0.316 e. The van der Waals surface area contributed by atoms with Crippen LogP contribution in [0.3, 0.4) is 0 Å². The lowest BCUT2D eigenvalue weighted by atomic mass is 9.86. The van der Waals surface area contributed by atoms with Crippen molar-refractivity contribution < 1.29 is 0 Å². The van der Waals surface area contributed by atoms with E-state index in [0.29, 0.717) is 0 Å². The molecule has 1 saturated carbocycles. The second-order valence-corrected chi connectivity index (χ2v) is 7.15. The highest BCUT2D eigenvalue weighted by atomic mass is 15.3. The number of hydrogen-bond acceptors (Lipinski definition) is 2. The first-order chi connectivity index (χ1) is 10.1. The van der Waals surface area contributed by atoms with Crippen molar-refractivity contribution in [2.75, 3.05) is 13.1 Å². The van der Waals surface area contributed by atoms with Crippen molar-refractivity contribution in [2.45, 2.75) is 66.3 Å². The summed E-state index contributed by atoms with van der Waals surface area (Å²) >= 11 is 0. The third-order valence-corrected chi connectivity index (χ3v) is 4.78. The lowest BCUT2D eigenvalue weighted by Crippen LogP contribution is -2.31. The second kappa shape index (κ2) is 7.98. The lowest BCUT2D eigenvalue weighted by molar-refractivity contribution is 0.310. The molecule has 0 aromatic carbocycles. The molecule has 0 radical (unpaired) electrons. The van der Waals surface area contributed by atoms with Crippen molar-refractivity contribution in [3.63, 3.8) is 0 Å². The zero-order chi connectivity index (χ0) is 15.2. The predicted octanol–water partition coefficient (Wildman–Crippen LogP) is 3.81. The topological polar surface area (TPSA) is 29.9 Å². The highest BCUT2D eigenvalue weighted by molar-refractivity contribution is 5.10. The summed E-state index contributed by atoms with van der Waals surface area (Å²) in [7, 11) is 0. The van der Waals surface area contributed by atoms with Crippen molar-refractivity contribution in [3.05, 3.63) is 17.5 Å². The van der Waals surface area contributed by atoms with Crippen molar-refractivity contribution >= 4 is 0 Å². The molecule has 1 aliphatic carbocycles. The predicted molar refractivity (Wildman–Crippen MR) is 89.5 cm³/mol. The van der Waals surface area contributed by atoms with Crippen LogP contribution < -0.4 is 5.32 Å². The van der Waals surface area contributed by atoms with E-state index in [1.54, 1.807) is 0 Å². The number of hydrogen-bond donors (Lipinski definition) is 1. The molecule has 3 heteroatoms. The first kappa shape index (κ1) is 16.5. The second-order valence-electron chi connectivity index (χ2n) is 7.15. The van der Waals surface area contributed by atoms with E-state index >= 15 is 0 Å². The summed E-state index contributed by atoms with van der Waals surface area (Å²) in [5.74, 6) is 2.41. The molecule has 0 spiro atoms. The quantitative estimate of drug-likeness (QED) is 0.789. The van der Waals surface area contributed by atoms with Crippen molar-refractivity contribution in [1.29, 1.82) is 0 Å². The Kier molecular flexibility index (Phi) is 6.28. The van der Waals surface area contributed by atoms with Gasteiger partial charge in [-0.2, -0.15) is 5.10 Å². The van der Waals surface area contributed by atoms with Crippen LogP contribution in [0.1, 0.15) is 57.8 Å². The standard InChI is InChI=1S/C18H33N3/c1-5-21-18(10-15(4)20-21)11-17(13-19-12-14(2)3)16-8-6-7-9-16/h10,14,16-17,19H,5-9,11-13H2,1-4H3. The summed E-state index contributed by atoms with van der Waals surface area (Å²) in [5.41, 5.74) is 2.59. The summed E-state index contributed by atoms with van der Waals surface area (Å²) in [5, 5.41) is 8.31. The number of nitrogens with zero attached hydrogens (tertiary/aromatic N) is 2. The van der Waals surface area contributed by atoms with Crippen LogP contribution >= 0.6 is 0 Å². The monoisotopic (exact) mass is 291 g/mol. The Hall–Kier alpha value is -0.830. The van der Waals surface area contributed by atoms with Gasteiger partial charge >= 0.3 is 0 Å².